The Morgan fingerprint density at radius 2 is 2.33 bits per heavy atom. The van der Waals surface area contributed by atoms with Gasteiger partial charge in [-0.25, -0.2) is 0 Å². The number of carbonyl (C=O) groups excluding carboxylic acids is 1. The summed E-state index contributed by atoms with van der Waals surface area (Å²) in [6, 6.07) is 0. The van der Waals surface area contributed by atoms with Gasteiger partial charge in [0, 0.05) is 18.4 Å². The molecule has 1 unspecified atom stereocenters. The minimum atomic E-state index is -0.0553. The van der Waals surface area contributed by atoms with Crippen LogP contribution in [0.4, 0.5) is 0 Å². The highest BCUT2D eigenvalue weighted by molar-refractivity contribution is 7.81. The van der Waals surface area contributed by atoms with Crippen molar-refractivity contribution in [3.8, 4) is 0 Å². The maximum absolute atomic E-state index is 10.2. The molecule has 0 fully saturated rings. The molecule has 0 saturated carbocycles. The van der Waals surface area contributed by atoms with Crippen molar-refractivity contribution in [2.75, 3.05) is 0 Å². The molecule has 0 aromatic rings. The Balaban J connectivity index is 3.36. The van der Waals surface area contributed by atoms with E-state index in [2.05, 4.69) is 17.9 Å². The summed E-state index contributed by atoms with van der Waals surface area (Å²) in [6.45, 7) is 3.38. The zero-order valence-electron chi connectivity index (χ0n) is 5.59. The number of hydrogen-bond donors (Lipinski definition) is 2. The van der Waals surface area contributed by atoms with Gasteiger partial charge >= 0.3 is 0 Å². The van der Waals surface area contributed by atoms with E-state index in [1.54, 1.807) is 12.3 Å². The number of amides is 1. The van der Waals surface area contributed by atoms with Crippen molar-refractivity contribution in [2.24, 2.45) is 0 Å². The van der Waals surface area contributed by atoms with Crippen LogP contribution in [0.25, 0.3) is 0 Å². The molecule has 0 rings (SSSR count). The van der Waals surface area contributed by atoms with Crippen LogP contribution in [0, 0.1) is 0 Å². The summed E-state index contributed by atoms with van der Waals surface area (Å²) in [6.07, 6.45) is 3.39. The van der Waals surface area contributed by atoms with Crippen LogP contribution in [-0.2, 0) is 4.79 Å². The Kier molecular flexibility index (Phi) is 4.22. The van der Waals surface area contributed by atoms with Crippen LogP contribution in [-0.4, -0.2) is 11.2 Å². The molecule has 9 heavy (non-hydrogen) atoms. The van der Waals surface area contributed by atoms with E-state index < -0.39 is 0 Å². The minimum Gasteiger partial charge on any atom is -0.333 e. The lowest BCUT2D eigenvalue weighted by Gasteiger charge is -1.92. The predicted octanol–water partition coefficient (Wildman–Crippen LogP) is 0.954. The molecule has 1 N–H and O–H groups in total. The highest BCUT2D eigenvalue weighted by atomic mass is 32.1. The van der Waals surface area contributed by atoms with Gasteiger partial charge in [-0.3, -0.25) is 4.79 Å². The fraction of sp³-hybridized carbons (Fsp3) is 0.500. The van der Waals surface area contributed by atoms with E-state index in [1.807, 2.05) is 6.92 Å². The lowest BCUT2D eigenvalue weighted by molar-refractivity contribution is -0.118. The van der Waals surface area contributed by atoms with Gasteiger partial charge in [-0.05, 0) is 6.92 Å². The first kappa shape index (κ1) is 8.56. The monoisotopic (exact) mass is 145 g/mol. The molecular weight excluding hydrogens is 134 g/mol. The third kappa shape index (κ3) is 7.56. The standard InChI is InChI=1S/C6H11NOS/c1-5(9)3-4-7-6(2)8/h3-5,9H,1-2H3,(H,7,8). The van der Waals surface area contributed by atoms with Crippen LogP contribution < -0.4 is 5.32 Å². The number of hydrogen-bond acceptors (Lipinski definition) is 2. The molecule has 1 atom stereocenters. The van der Waals surface area contributed by atoms with Crippen molar-refractivity contribution in [2.45, 2.75) is 19.1 Å². The Labute approximate surface area is 60.7 Å². The molecular formula is C6H11NOS. The molecule has 0 aliphatic rings. The van der Waals surface area contributed by atoms with E-state index in [0.717, 1.165) is 0 Å². The molecule has 0 aliphatic heterocycles. The van der Waals surface area contributed by atoms with E-state index in [1.165, 1.54) is 6.92 Å². The summed E-state index contributed by atoms with van der Waals surface area (Å²) in [5.41, 5.74) is 0. The Morgan fingerprint density at radius 1 is 1.78 bits per heavy atom. The second-order valence-corrected chi connectivity index (χ2v) is 2.61. The fourth-order valence-electron chi connectivity index (χ4n) is 0.305. The Hall–Kier alpha value is -0.440. The molecule has 0 radical (unpaired) electrons. The van der Waals surface area contributed by atoms with Crippen LogP contribution >= 0.6 is 12.6 Å². The SMILES string of the molecule is CC(=O)NC=CC(C)S. The second kappa shape index (κ2) is 4.44. The smallest absolute Gasteiger partial charge is 0.220 e. The van der Waals surface area contributed by atoms with Gasteiger partial charge in [0.2, 0.25) is 5.91 Å². The third-order valence-electron chi connectivity index (χ3n) is 0.661. The summed E-state index contributed by atoms with van der Waals surface area (Å²) in [4.78, 5) is 10.2. The molecule has 0 aromatic heterocycles. The Morgan fingerprint density at radius 3 is 2.67 bits per heavy atom. The van der Waals surface area contributed by atoms with Gasteiger partial charge in [-0.1, -0.05) is 6.08 Å². The average molecular weight is 145 g/mol. The van der Waals surface area contributed by atoms with E-state index in [9.17, 15) is 4.79 Å². The number of thiol groups is 1. The number of rotatable bonds is 2. The first-order chi connectivity index (χ1) is 4.13. The zero-order chi connectivity index (χ0) is 7.28. The normalized spacial score (nSPS) is 13.7. The van der Waals surface area contributed by atoms with Crippen molar-refractivity contribution in [1.82, 2.24) is 5.32 Å². The maximum Gasteiger partial charge on any atom is 0.220 e. The molecule has 1 amide bonds. The summed E-state index contributed by atoms with van der Waals surface area (Å²) in [5.74, 6) is -0.0553. The topological polar surface area (TPSA) is 29.1 Å². The summed E-state index contributed by atoms with van der Waals surface area (Å²) in [7, 11) is 0. The van der Waals surface area contributed by atoms with Gasteiger partial charge in [-0.15, -0.1) is 0 Å². The average Bonchev–Trinajstić information content (AvgIpc) is 1.63. The van der Waals surface area contributed by atoms with Gasteiger partial charge in [0.25, 0.3) is 0 Å². The van der Waals surface area contributed by atoms with Crippen LogP contribution in [0.15, 0.2) is 12.3 Å². The van der Waals surface area contributed by atoms with Gasteiger partial charge in [-0.2, -0.15) is 12.6 Å². The number of carbonyl (C=O) groups is 1. The molecule has 0 spiro atoms. The largest absolute Gasteiger partial charge is 0.333 e. The van der Waals surface area contributed by atoms with E-state index >= 15 is 0 Å². The number of nitrogens with one attached hydrogen (secondary N) is 1. The van der Waals surface area contributed by atoms with Gasteiger partial charge in [0.05, 0.1) is 0 Å². The first-order valence-corrected chi connectivity index (χ1v) is 3.26. The van der Waals surface area contributed by atoms with E-state index in [4.69, 9.17) is 0 Å². The van der Waals surface area contributed by atoms with Gasteiger partial charge in [0.15, 0.2) is 0 Å². The maximum atomic E-state index is 10.2. The highest BCUT2D eigenvalue weighted by Gasteiger charge is 1.84. The molecule has 0 heterocycles. The zero-order valence-corrected chi connectivity index (χ0v) is 6.48. The van der Waals surface area contributed by atoms with Crippen LogP contribution in [0.5, 0.6) is 0 Å². The van der Waals surface area contributed by atoms with Crippen LogP contribution in [0.2, 0.25) is 0 Å². The van der Waals surface area contributed by atoms with Crippen molar-refractivity contribution < 1.29 is 4.79 Å². The summed E-state index contributed by atoms with van der Waals surface area (Å²) < 4.78 is 0. The first-order valence-electron chi connectivity index (χ1n) is 2.75. The minimum absolute atomic E-state index is 0.0553. The predicted molar refractivity (Wildman–Crippen MR) is 41.4 cm³/mol. The quantitative estimate of drug-likeness (QED) is 0.557. The van der Waals surface area contributed by atoms with Gasteiger partial charge < -0.3 is 5.32 Å². The Bertz CT molecular complexity index is 120. The highest BCUT2D eigenvalue weighted by Crippen LogP contribution is 1.91. The summed E-state index contributed by atoms with van der Waals surface area (Å²) >= 11 is 4.06. The van der Waals surface area contributed by atoms with Crippen molar-refractivity contribution >= 4 is 18.5 Å². The second-order valence-electron chi connectivity index (χ2n) is 1.80. The molecule has 0 bridgehead atoms. The molecule has 0 aliphatic carbocycles. The molecule has 3 heteroatoms. The van der Waals surface area contributed by atoms with Crippen molar-refractivity contribution in [1.29, 1.82) is 0 Å². The van der Waals surface area contributed by atoms with Gasteiger partial charge in [0.1, 0.15) is 0 Å². The van der Waals surface area contributed by atoms with Crippen LogP contribution in [0.3, 0.4) is 0 Å². The van der Waals surface area contributed by atoms with Crippen molar-refractivity contribution in [3.63, 3.8) is 0 Å². The lowest BCUT2D eigenvalue weighted by atomic mass is 10.4. The molecule has 2 nitrogen and oxygen atoms in total. The lowest BCUT2D eigenvalue weighted by Crippen LogP contribution is -2.11. The fourth-order valence-corrected chi connectivity index (χ4v) is 0.391. The van der Waals surface area contributed by atoms with Crippen molar-refractivity contribution in [3.05, 3.63) is 12.3 Å². The molecule has 52 valence electrons. The summed E-state index contributed by atoms with van der Waals surface area (Å²) in [5, 5.41) is 2.70. The molecule has 0 aromatic carbocycles. The third-order valence-corrected chi connectivity index (χ3v) is 0.833. The van der Waals surface area contributed by atoms with E-state index in [-0.39, 0.29) is 11.2 Å². The van der Waals surface area contributed by atoms with Crippen LogP contribution in [0.1, 0.15) is 13.8 Å². The van der Waals surface area contributed by atoms with E-state index in [0.29, 0.717) is 0 Å². The molecule has 0 saturated heterocycles.